The molecule has 7 nitrogen and oxygen atoms in total. The van der Waals surface area contributed by atoms with E-state index in [9.17, 15) is 14.4 Å². The molecule has 1 atom stereocenters. The first-order valence-electron chi connectivity index (χ1n) is 9.05. The maximum absolute atomic E-state index is 12.5. The van der Waals surface area contributed by atoms with Gasteiger partial charge in [0, 0.05) is 18.7 Å². The zero-order chi connectivity index (χ0) is 20.1. The lowest BCUT2D eigenvalue weighted by Gasteiger charge is -2.17. The largest absolute Gasteiger partial charge is 0.495 e. The maximum Gasteiger partial charge on any atom is 0.338 e. The fourth-order valence-corrected chi connectivity index (χ4v) is 2.99. The van der Waals surface area contributed by atoms with E-state index in [2.05, 4.69) is 5.32 Å². The van der Waals surface area contributed by atoms with Crippen molar-refractivity contribution in [3.05, 3.63) is 54.1 Å². The summed E-state index contributed by atoms with van der Waals surface area (Å²) in [5, 5.41) is 2.69. The van der Waals surface area contributed by atoms with Crippen molar-refractivity contribution in [3.63, 3.8) is 0 Å². The lowest BCUT2D eigenvalue weighted by molar-refractivity contribution is -0.123. The van der Waals surface area contributed by atoms with Crippen LogP contribution in [0.1, 0.15) is 30.1 Å². The van der Waals surface area contributed by atoms with Gasteiger partial charge in [0.15, 0.2) is 6.10 Å². The van der Waals surface area contributed by atoms with Gasteiger partial charge in [0.25, 0.3) is 5.91 Å². The van der Waals surface area contributed by atoms with E-state index in [1.54, 1.807) is 53.4 Å². The van der Waals surface area contributed by atoms with Gasteiger partial charge in [-0.1, -0.05) is 18.2 Å². The number of anilines is 2. The number of amides is 2. The second kappa shape index (κ2) is 8.56. The number of para-hydroxylation sites is 2. The Morgan fingerprint density at radius 2 is 1.93 bits per heavy atom. The number of hydrogen-bond donors (Lipinski definition) is 1. The highest BCUT2D eigenvalue weighted by Crippen LogP contribution is 2.24. The van der Waals surface area contributed by atoms with Crippen molar-refractivity contribution in [2.75, 3.05) is 23.9 Å². The van der Waals surface area contributed by atoms with Gasteiger partial charge in [0.2, 0.25) is 5.91 Å². The van der Waals surface area contributed by atoms with Crippen LogP contribution in [0.5, 0.6) is 5.75 Å². The lowest BCUT2D eigenvalue weighted by atomic mass is 10.2. The van der Waals surface area contributed by atoms with Crippen molar-refractivity contribution < 1.29 is 23.9 Å². The van der Waals surface area contributed by atoms with Gasteiger partial charge in [-0.2, -0.15) is 0 Å². The minimum Gasteiger partial charge on any atom is -0.495 e. The molecule has 7 heteroatoms. The standard InChI is InChI=1S/C21H22N2O5/c1-14(20(25)22-17-9-3-4-10-18(17)27-2)28-21(26)15-7-5-8-16(13-15)23-12-6-11-19(23)24/h3-5,7-10,13-14H,6,11-12H2,1-2H3,(H,22,25)/t14-/m0/s1. The van der Waals surface area contributed by atoms with Crippen molar-refractivity contribution >= 4 is 29.2 Å². The van der Waals surface area contributed by atoms with E-state index in [-0.39, 0.29) is 11.5 Å². The maximum atomic E-state index is 12.5. The second-order valence-electron chi connectivity index (χ2n) is 6.44. The zero-order valence-corrected chi connectivity index (χ0v) is 15.8. The molecule has 1 aliphatic rings. The summed E-state index contributed by atoms with van der Waals surface area (Å²) in [5.41, 5.74) is 1.43. The van der Waals surface area contributed by atoms with E-state index < -0.39 is 18.0 Å². The molecule has 0 radical (unpaired) electrons. The lowest BCUT2D eigenvalue weighted by Crippen LogP contribution is -2.30. The highest BCUT2D eigenvalue weighted by atomic mass is 16.5. The number of nitrogens with zero attached hydrogens (tertiary/aromatic N) is 1. The van der Waals surface area contributed by atoms with Gasteiger partial charge in [-0.25, -0.2) is 4.79 Å². The van der Waals surface area contributed by atoms with Gasteiger partial charge < -0.3 is 19.7 Å². The zero-order valence-electron chi connectivity index (χ0n) is 15.8. The predicted molar refractivity (Wildman–Crippen MR) is 105 cm³/mol. The van der Waals surface area contributed by atoms with E-state index in [0.717, 1.165) is 6.42 Å². The number of methoxy groups -OCH3 is 1. The molecule has 3 rings (SSSR count). The molecule has 0 aliphatic carbocycles. The molecule has 0 bridgehead atoms. The third kappa shape index (κ3) is 4.31. The van der Waals surface area contributed by atoms with Crippen LogP contribution in [0.2, 0.25) is 0 Å². The van der Waals surface area contributed by atoms with Gasteiger partial charge in [0.1, 0.15) is 5.75 Å². The minimum absolute atomic E-state index is 0.0371. The summed E-state index contributed by atoms with van der Waals surface area (Å²) >= 11 is 0. The highest BCUT2D eigenvalue weighted by molar-refractivity contribution is 5.99. The molecule has 146 valence electrons. The third-order valence-corrected chi connectivity index (χ3v) is 4.48. The number of ether oxygens (including phenoxy) is 2. The van der Waals surface area contributed by atoms with E-state index in [1.807, 2.05) is 0 Å². The summed E-state index contributed by atoms with van der Waals surface area (Å²) in [4.78, 5) is 38.4. The Morgan fingerprint density at radius 3 is 2.64 bits per heavy atom. The van der Waals surface area contributed by atoms with Gasteiger partial charge in [-0.15, -0.1) is 0 Å². The fourth-order valence-electron chi connectivity index (χ4n) is 2.99. The molecule has 0 saturated carbocycles. The number of rotatable bonds is 6. The molecule has 0 aromatic heterocycles. The van der Waals surface area contributed by atoms with Crippen LogP contribution in [-0.4, -0.2) is 37.5 Å². The number of carbonyl (C=O) groups is 3. The van der Waals surface area contributed by atoms with E-state index in [4.69, 9.17) is 9.47 Å². The van der Waals surface area contributed by atoms with Crippen molar-refractivity contribution in [2.24, 2.45) is 0 Å². The molecule has 1 aliphatic heterocycles. The highest BCUT2D eigenvalue weighted by Gasteiger charge is 2.24. The SMILES string of the molecule is COc1ccccc1NC(=O)[C@H](C)OC(=O)c1cccc(N2CCCC2=O)c1. The minimum atomic E-state index is -1.01. The monoisotopic (exact) mass is 382 g/mol. The first kappa shape index (κ1) is 19.4. The number of carbonyl (C=O) groups excluding carboxylic acids is 3. The molecule has 1 fully saturated rings. The van der Waals surface area contributed by atoms with E-state index >= 15 is 0 Å². The summed E-state index contributed by atoms with van der Waals surface area (Å²) in [5.74, 6) is -0.549. The van der Waals surface area contributed by atoms with Crippen LogP contribution in [0.25, 0.3) is 0 Å². The molecule has 1 N–H and O–H groups in total. The summed E-state index contributed by atoms with van der Waals surface area (Å²) in [6, 6.07) is 13.6. The summed E-state index contributed by atoms with van der Waals surface area (Å²) in [6.07, 6.45) is 0.303. The normalized spacial score (nSPS) is 14.5. The Morgan fingerprint density at radius 1 is 1.14 bits per heavy atom. The molecule has 1 heterocycles. The Balaban J connectivity index is 1.65. The third-order valence-electron chi connectivity index (χ3n) is 4.48. The van der Waals surface area contributed by atoms with Crippen LogP contribution < -0.4 is 15.0 Å². The molecule has 2 amide bonds. The Bertz CT molecular complexity index is 896. The quantitative estimate of drug-likeness (QED) is 0.777. The number of esters is 1. The molecule has 28 heavy (non-hydrogen) atoms. The Hall–Kier alpha value is -3.35. The molecule has 0 spiro atoms. The van der Waals surface area contributed by atoms with Crippen molar-refractivity contribution in [2.45, 2.75) is 25.9 Å². The number of nitrogens with one attached hydrogen (secondary N) is 1. The fraction of sp³-hybridized carbons (Fsp3) is 0.286. The Labute approximate surface area is 163 Å². The molecule has 2 aromatic rings. The van der Waals surface area contributed by atoms with Crippen LogP contribution in [-0.2, 0) is 14.3 Å². The average molecular weight is 382 g/mol. The summed E-state index contributed by atoms with van der Waals surface area (Å²) < 4.78 is 10.5. The average Bonchev–Trinajstić information content (AvgIpc) is 3.14. The molecule has 1 saturated heterocycles. The van der Waals surface area contributed by atoms with Crippen LogP contribution in [0, 0.1) is 0 Å². The summed E-state index contributed by atoms with van der Waals surface area (Å²) in [7, 11) is 1.51. The van der Waals surface area contributed by atoms with Crippen LogP contribution in [0.3, 0.4) is 0 Å². The van der Waals surface area contributed by atoms with Gasteiger partial charge in [0.05, 0.1) is 18.4 Å². The van der Waals surface area contributed by atoms with E-state index in [0.29, 0.717) is 30.1 Å². The van der Waals surface area contributed by atoms with E-state index in [1.165, 1.54) is 14.0 Å². The molecular weight excluding hydrogens is 360 g/mol. The van der Waals surface area contributed by atoms with Crippen molar-refractivity contribution in [3.8, 4) is 5.75 Å². The van der Waals surface area contributed by atoms with Crippen LogP contribution >= 0.6 is 0 Å². The molecular formula is C21H22N2O5. The first-order chi connectivity index (χ1) is 13.5. The van der Waals surface area contributed by atoms with Gasteiger partial charge >= 0.3 is 5.97 Å². The van der Waals surface area contributed by atoms with Crippen LogP contribution in [0.15, 0.2) is 48.5 Å². The van der Waals surface area contributed by atoms with Crippen molar-refractivity contribution in [1.29, 1.82) is 0 Å². The first-order valence-corrected chi connectivity index (χ1v) is 9.05. The van der Waals surface area contributed by atoms with Gasteiger partial charge in [-0.05, 0) is 43.7 Å². The smallest absolute Gasteiger partial charge is 0.338 e. The Kier molecular flexibility index (Phi) is 5.93. The van der Waals surface area contributed by atoms with Crippen LogP contribution in [0.4, 0.5) is 11.4 Å². The second-order valence-corrected chi connectivity index (χ2v) is 6.44. The molecule has 0 unspecified atom stereocenters. The number of hydrogen-bond acceptors (Lipinski definition) is 5. The molecule has 2 aromatic carbocycles. The van der Waals surface area contributed by atoms with Gasteiger partial charge in [-0.3, -0.25) is 9.59 Å². The summed E-state index contributed by atoms with van der Waals surface area (Å²) in [6.45, 7) is 2.13. The predicted octanol–water partition coefficient (Wildman–Crippen LogP) is 3.01. The number of benzene rings is 2. The van der Waals surface area contributed by atoms with Crippen molar-refractivity contribution in [1.82, 2.24) is 0 Å². The topological polar surface area (TPSA) is 84.9 Å².